The highest BCUT2D eigenvalue weighted by molar-refractivity contribution is 7.18. The summed E-state index contributed by atoms with van der Waals surface area (Å²) >= 11 is 1.76. The van der Waals surface area contributed by atoms with Crippen LogP contribution in [-0.2, 0) is 6.42 Å². The zero-order valence-electron chi connectivity index (χ0n) is 10.3. The predicted octanol–water partition coefficient (Wildman–Crippen LogP) is 3.53. The van der Waals surface area contributed by atoms with E-state index < -0.39 is 0 Å². The van der Waals surface area contributed by atoms with E-state index in [1.165, 1.54) is 29.5 Å². The van der Waals surface area contributed by atoms with Crippen molar-refractivity contribution < 1.29 is 0 Å². The zero-order valence-corrected chi connectivity index (χ0v) is 11.1. The van der Waals surface area contributed by atoms with Crippen LogP contribution in [0.1, 0.15) is 36.9 Å². The van der Waals surface area contributed by atoms with E-state index in [4.69, 9.17) is 0 Å². The minimum absolute atomic E-state index is 0.623. The molecule has 0 radical (unpaired) electrons. The maximum absolute atomic E-state index is 4.64. The minimum atomic E-state index is 0.623. The van der Waals surface area contributed by atoms with E-state index in [0.717, 1.165) is 22.9 Å². The molecule has 1 saturated carbocycles. The van der Waals surface area contributed by atoms with Crippen molar-refractivity contribution in [1.82, 2.24) is 9.97 Å². The van der Waals surface area contributed by atoms with Gasteiger partial charge in [0.25, 0.3) is 0 Å². The molecule has 0 bridgehead atoms. The summed E-state index contributed by atoms with van der Waals surface area (Å²) in [5, 5.41) is 4.76. The second kappa shape index (κ2) is 4.26. The number of aryl methyl sites for hydroxylation is 2. The van der Waals surface area contributed by atoms with Crippen LogP contribution in [0.5, 0.6) is 0 Å². The van der Waals surface area contributed by atoms with Crippen LogP contribution in [0.3, 0.4) is 0 Å². The normalized spacial score (nSPS) is 16.1. The lowest BCUT2D eigenvalue weighted by Crippen LogP contribution is -2.27. The number of fused-ring (bicyclic) bond motifs is 1. The molecule has 2 aromatic heterocycles. The fraction of sp³-hybridized carbons (Fsp3) is 0.538. The van der Waals surface area contributed by atoms with Gasteiger partial charge in [-0.15, -0.1) is 11.3 Å². The Labute approximate surface area is 105 Å². The lowest BCUT2D eigenvalue weighted by molar-refractivity contribution is 0.444. The van der Waals surface area contributed by atoms with Crippen LogP contribution in [0.25, 0.3) is 10.2 Å². The predicted molar refractivity (Wildman–Crippen MR) is 72.8 cm³/mol. The van der Waals surface area contributed by atoms with E-state index in [1.54, 1.807) is 11.3 Å². The number of nitrogens with one attached hydrogen (secondary N) is 1. The molecule has 0 amide bonds. The number of nitrogens with zero attached hydrogens (tertiary/aromatic N) is 2. The van der Waals surface area contributed by atoms with Crippen LogP contribution in [-0.4, -0.2) is 16.0 Å². The average molecular weight is 247 g/mol. The summed E-state index contributed by atoms with van der Waals surface area (Å²) in [5.74, 6) is 1.99. The Kier molecular flexibility index (Phi) is 2.74. The van der Waals surface area contributed by atoms with Crippen LogP contribution < -0.4 is 5.32 Å². The number of hydrogen-bond donors (Lipinski definition) is 1. The van der Waals surface area contributed by atoms with E-state index in [1.807, 2.05) is 0 Å². The van der Waals surface area contributed by atoms with Crippen LogP contribution in [0, 0.1) is 6.92 Å². The third-order valence-electron chi connectivity index (χ3n) is 3.32. The van der Waals surface area contributed by atoms with Crippen molar-refractivity contribution in [2.75, 3.05) is 5.32 Å². The number of anilines is 1. The van der Waals surface area contributed by atoms with Gasteiger partial charge in [0.15, 0.2) is 0 Å². The Bertz CT molecular complexity index is 543. The lowest BCUT2D eigenvalue weighted by Gasteiger charge is -2.27. The van der Waals surface area contributed by atoms with E-state index in [2.05, 4.69) is 35.2 Å². The lowest BCUT2D eigenvalue weighted by atomic mass is 9.93. The highest BCUT2D eigenvalue weighted by Crippen LogP contribution is 2.31. The molecule has 1 fully saturated rings. The molecule has 17 heavy (non-hydrogen) atoms. The molecular weight excluding hydrogens is 230 g/mol. The molecule has 3 rings (SSSR count). The molecule has 0 aromatic carbocycles. The summed E-state index contributed by atoms with van der Waals surface area (Å²) in [4.78, 5) is 11.7. The van der Waals surface area contributed by atoms with Crippen molar-refractivity contribution in [3.05, 3.63) is 16.8 Å². The van der Waals surface area contributed by atoms with Gasteiger partial charge in [-0.3, -0.25) is 0 Å². The molecule has 2 heterocycles. The third-order valence-corrected chi connectivity index (χ3v) is 4.27. The summed E-state index contributed by atoms with van der Waals surface area (Å²) in [5.41, 5.74) is 0. The second-order valence-electron chi connectivity index (χ2n) is 4.69. The largest absolute Gasteiger partial charge is 0.367 e. The summed E-state index contributed by atoms with van der Waals surface area (Å²) in [6.07, 6.45) is 4.79. The number of aromatic nitrogens is 2. The van der Waals surface area contributed by atoms with Gasteiger partial charge < -0.3 is 5.32 Å². The molecular formula is C13H17N3S. The van der Waals surface area contributed by atoms with Crippen LogP contribution in [0.15, 0.2) is 6.07 Å². The van der Waals surface area contributed by atoms with Gasteiger partial charge in [-0.25, -0.2) is 9.97 Å². The Morgan fingerprint density at radius 2 is 2.24 bits per heavy atom. The summed E-state index contributed by atoms with van der Waals surface area (Å²) in [6.45, 7) is 4.24. The molecule has 1 aliphatic rings. The van der Waals surface area contributed by atoms with Crippen LogP contribution >= 0.6 is 11.3 Å². The number of rotatable bonds is 3. The van der Waals surface area contributed by atoms with E-state index in [-0.39, 0.29) is 0 Å². The van der Waals surface area contributed by atoms with Crippen LogP contribution in [0.4, 0.5) is 5.82 Å². The summed E-state index contributed by atoms with van der Waals surface area (Å²) in [6, 6.07) is 2.82. The van der Waals surface area contributed by atoms with Gasteiger partial charge in [0.05, 0.1) is 5.39 Å². The molecule has 0 saturated heterocycles. The molecule has 1 aliphatic carbocycles. The maximum Gasteiger partial charge on any atom is 0.138 e. The van der Waals surface area contributed by atoms with Crippen molar-refractivity contribution in [3.63, 3.8) is 0 Å². The Morgan fingerprint density at radius 1 is 1.41 bits per heavy atom. The van der Waals surface area contributed by atoms with Crippen LogP contribution in [0.2, 0.25) is 0 Å². The molecule has 1 N–H and O–H groups in total. The molecule has 0 atom stereocenters. The Morgan fingerprint density at radius 3 is 2.88 bits per heavy atom. The molecule has 2 aromatic rings. The number of hydrogen-bond acceptors (Lipinski definition) is 4. The first-order valence-electron chi connectivity index (χ1n) is 6.30. The maximum atomic E-state index is 4.64. The molecule has 0 spiro atoms. The molecule has 3 nitrogen and oxygen atoms in total. The molecule has 0 aliphatic heterocycles. The van der Waals surface area contributed by atoms with Crippen molar-refractivity contribution in [3.8, 4) is 0 Å². The van der Waals surface area contributed by atoms with Crippen molar-refractivity contribution >= 4 is 27.4 Å². The minimum Gasteiger partial charge on any atom is -0.367 e. The van der Waals surface area contributed by atoms with Gasteiger partial charge >= 0.3 is 0 Å². The zero-order chi connectivity index (χ0) is 11.8. The van der Waals surface area contributed by atoms with E-state index in [0.29, 0.717) is 6.04 Å². The first kappa shape index (κ1) is 11.0. The van der Waals surface area contributed by atoms with Gasteiger partial charge in [0.2, 0.25) is 0 Å². The fourth-order valence-electron chi connectivity index (χ4n) is 2.10. The summed E-state index contributed by atoms with van der Waals surface area (Å²) < 4.78 is 0. The van der Waals surface area contributed by atoms with Crippen molar-refractivity contribution in [2.45, 2.75) is 45.6 Å². The number of thiophene rings is 1. The van der Waals surface area contributed by atoms with Crippen molar-refractivity contribution in [1.29, 1.82) is 0 Å². The standard InChI is InChI=1S/C13H17N3S/c1-3-11-15-12(14-9-5-4-6-9)10-7-8(2)17-13(10)16-11/h7,9H,3-6H2,1-2H3,(H,14,15,16). The topological polar surface area (TPSA) is 37.8 Å². The molecule has 90 valence electrons. The smallest absolute Gasteiger partial charge is 0.138 e. The fourth-order valence-corrected chi connectivity index (χ4v) is 3.00. The van der Waals surface area contributed by atoms with Gasteiger partial charge in [-0.05, 0) is 32.3 Å². The molecule has 0 unspecified atom stereocenters. The first-order valence-corrected chi connectivity index (χ1v) is 7.11. The Balaban J connectivity index is 2.05. The SMILES string of the molecule is CCc1nc(NC2CCC2)c2cc(C)sc2n1. The van der Waals surface area contributed by atoms with Crippen molar-refractivity contribution in [2.24, 2.45) is 0 Å². The average Bonchev–Trinajstić information content (AvgIpc) is 2.63. The first-order chi connectivity index (χ1) is 8.26. The van der Waals surface area contributed by atoms with E-state index >= 15 is 0 Å². The van der Waals surface area contributed by atoms with Gasteiger partial charge in [-0.2, -0.15) is 0 Å². The highest BCUT2D eigenvalue weighted by Gasteiger charge is 2.19. The molecule has 4 heteroatoms. The Hall–Kier alpha value is -1.16. The van der Waals surface area contributed by atoms with Gasteiger partial charge in [-0.1, -0.05) is 6.92 Å². The third kappa shape index (κ3) is 2.02. The summed E-state index contributed by atoms with van der Waals surface area (Å²) in [7, 11) is 0. The monoisotopic (exact) mass is 247 g/mol. The van der Waals surface area contributed by atoms with Gasteiger partial charge in [0.1, 0.15) is 16.5 Å². The second-order valence-corrected chi connectivity index (χ2v) is 5.92. The highest BCUT2D eigenvalue weighted by atomic mass is 32.1. The van der Waals surface area contributed by atoms with Gasteiger partial charge in [0, 0.05) is 17.3 Å². The quantitative estimate of drug-likeness (QED) is 0.901. The van der Waals surface area contributed by atoms with E-state index in [9.17, 15) is 0 Å².